The molecule has 4 rings (SSSR count). The lowest BCUT2D eigenvalue weighted by molar-refractivity contribution is -0.117. The Morgan fingerprint density at radius 2 is 1.71 bits per heavy atom. The fourth-order valence-corrected chi connectivity index (χ4v) is 4.91. The van der Waals surface area contributed by atoms with Gasteiger partial charge in [0.2, 0.25) is 5.91 Å². The minimum Gasteiger partial charge on any atom is -0.379 e. The first-order chi connectivity index (χ1) is 13.7. The van der Waals surface area contributed by atoms with Crippen LogP contribution in [0.4, 0.5) is 5.69 Å². The molecule has 1 aromatic carbocycles. The first-order valence-corrected chi connectivity index (χ1v) is 10.7. The second kappa shape index (κ2) is 8.62. The van der Waals surface area contributed by atoms with Crippen LogP contribution in [0.3, 0.4) is 0 Å². The maximum Gasteiger partial charge on any atom is 0.251 e. The monoisotopic (exact) mass is 385 g/mol. The number of carbonyl (C=O) groups is 2. The molecular formula is C22H31N3O3. The van der Waals surface area contributed by atoms with E-state index < -0.39 is 0 Å². The van der Waals surface area contributed by atoms with Crippen molar-refractivity contribution in [2.24, 2.45) is 0 Å². The zero-order valence-corrected chi connectivity index (χ0v) is 16.6. The summed E-state index contributed by atoms with van der Waals surface area (Å²) in [7, 11) is 0. The van der Waals surface area contributed by atoms with Gasteiger partial charge in [0.25, 0.3) is 5.91 Å². The lowest BCUT2D eigenvalue weighted by Gasteiger charge is -2.48. The van der Waals surface area contributed by atoms with Gasteiger partial charge in [0.15, 0.2) is 0 Å². The van der Waals surface area contributed by atoms with Crippen LogP contribution in [0.5, 0.6) is 0 Å². The molecule has 2 heterocycles. The van der Waals surface area contributed by atoms with Crippen LogP contribution in [0, 0.1) is 0 Å². The number of hydrogen-bond acceptors (Lipinski definition) is 4. The van der Waals surface area contributed by atoms with E-state index in [2.05, 4.69) is 10.2 Å². The first-order valence-electron chi connectivity index (χ1n) is 10.7. The third kappa shape index (κ3) is 4.08. The van der Waals surface area contributed by atoms with Crippen molar-refractivity contribution >= 4 is 17.5 Å². The fourth-order valence-electron chi connectivity index (χ4n) is 4.91. The van der Waals surface area contributed by atoms with Gasteiger partial charge in [-0.25, -0.2) is 0 Å². The molecule has 1 aliphatic carbocycles. The number of morpholine rings is 1. The van der Waals surface area contributed by atoms with Gasteiger partial charge in [-0.05, 0) is 43.5 Å². The number of hydrogen-bond donors (Lipinski definition) is 1. The standard InChI is InChI=1S/C22H31N3O3/c26-20-5-4-12-25(20)19-8-6-18(7-9-19)21(27)23-17-22(10-2-1-3-11-22)24-13-15-28-16-14-24/h6-9H,1-5,10-17H2,(H,23,27). The Labute approximate surface area is 167 Å². The van der Waals surface area contributed by atoms with Gasteiger partial charge in [0.1, 0.15) is 0 Å². The molecule has 28 heavy (non-hydrogen) atoms. The number of carbonyl (C=O) groups excluding carboxylic acids is 2. The van der Waals surface area contributed by atoms with Crippen LogP contribution in [0.1, 0.15) is 55.3 Å². The SMILES string of the molecule is O=C(NCC1(N2CCOCC2)CCCCC1)c1ccc(N2CCCC2=O)cc1. The van der Waals surface area contributed by atoms with E-state index >= 15 is 0 Å². The van der Waals surface area contributed by atoms with Crippen molar-refractivity contribution in [2.75, 3.05) is 44.3 Å². The molecule has 3 fully saturated rings. The molecule has 0 atom stereocenters. The Hall–Kier alpha value is -1.92. The molecule has 2 saturated heterocycles. The Bertz CT molecular complexity index is 691. The molecule has 1 saturated carbocycles. The van der Waals surface area contributed by atoms with E-state index in [1.165, 1.54) is 19.3 Å². The van der Waals surface area contributed by atoms with Crippen LogP contribution >= 0.6 is 0 Å². The van der Waals surface area contributed by atoms with E-state index in [-0.39, 0.29) is 17.4 Å². The molecule has 6 heteroatoms. The van der Waals surface area contributed by atoms with Gasteiger partial charge >= 0.3 is 0 Å². The van der Waals surface area contributed by atoms with Gasteiger partial charge in [-0.3, -0.25) is 14.5 Å². The highest BCUT2D eigenvalue weighted by atomic mass is 16.5. The lowest BCUT2D eigenvalue weighted by Crippen LogP contribution is -2.59. The van der Waals surface area contributed by atoms with Crippen molar-refractivity contribution in [3.05, 3.63) is 29.8 Å². The van der Waals surface area contributed by atoms with Crippen LogP contribution in [-0.2, 0) is 9.53 Å². The highest BCUT2D eigenvalue weighted by Crippen LogP contribution is 2.34. The molecule has 0 aromatic heterocycles. The molecule has 0 spiro atoms. The van der Waals surface area contributed by atoms with Crippen molar-refractivity contribution in [3.8, 4) is 0 Å². The van der Waals surface area contributed by atoms with E-state index in [0.29, 0.717) is 18.5 Å². The minimum atomic E-state index is -0.0301. The van der Waals surface area contributed by atoms with Crippen molar-refractivity contribution in [3.63, 3.8) is 0 Å². The van der Waals surface area contributed by atoms with Gasteiger partial charge in [0, 0.05) is 49.4 Å². The molecule has 6 nitrogen and oxygen atoms in total. The number of anilines is 1. The largest absolute Gasteiger partial charge is 0.379 e. The molecule has 2 aliphatic heterocycles. The Kier molecular flexibility index (Phi) is 5.97. The van der Waals surface area contributed by atoms with E-state index in [9.17, 15) is 9.59 Å². The summed E-state index contributed by atoms with van der Waals surface area (Å²) in [6.07, 6.45) is 7.55. The highest BCUT2D eigenvalue weighted by Gasteiger charge is 2.38. The zero-order valence-electron chi connectivity index (χ0n) is 16.6. The molecule has 0 unspecified atom stereocenters. The highest BCUT2D eigenvalue weighted by molar-refractivity contribution is 5.97. The average molecular weight is 386 g/mol. The summed E-state index contributed by atoms with van der Waals surface area (Å²) >= 11 is 0. The fraction of sp³-hybridized carbons (Fsp3) is 0.636. The maximum atomic E-state index is 12.8. The van der Waals surface area contributed by atoms with Gasteiger partial charge in [-0.2, -0.15) is 0 Å². The lowest BCUT2D eigenvalue weighted by atomic mass is 9.79. The Morgan fingerprint density at radius 1 is 1.00 bits per heavy atom. The number of nitrogens with one attached hydrogen (secondary N) is 1. The minimum absolute atomic E-state index is 0.0301. The van der Waals surface area contributed by atoms with E-state index in [4.69, 9.17) is 4.74 Å². The molecule has 0 radical (unpaired) electrons. The van der Waals surface area contributed by atoms with Gasteiger partial charge in [-0.1, -0.05) is 19.3 Å². The summed E-state index contributed by atoms with van der Waals surface area (Å²) in [5.74, 6) is 0.138. The summed E-state index contributed by atoms with van der Waals surface area (Å²) in [4.78, 5) is 29.0. The summed E-state index contributed by atoms with van der Waals surface area (Å²) < 4.78 is 5.53. The van der Waals surface area contributed by atoms with Crippen molar-refractivity contribution in [2.45, 2.75) is 50.5 Å². The Balaban J connectivity index is 1.40. The molecule has 2 amide bonds. The third-order valence-electron chi connectivity index (χ3n) is 6.56. The van der Waals surface area contributed by atoms with Gasteiger partial charge in [-0.15, -0.1) is 0 Å². The van der Waals surface area contributed by atoms with Crippen molar-refractivity contribution in [1.29, 1.82) is 0 Å². The maximum absolute atomic E-state index is 12.8. The summed E-state index contributed by atoms with van der Waals surface area (Å²) in [6, 6.07) is 7.43. The predicted octanol–water partition coefficient (Wildman–Crippen LogP) is 2.58. The molecule has 1 N–H and O–H groups in total. The molecule has 0 bridgehead atoms. The third-order valence-corrected chi connectivity index (χ3v) is 6.56. The number of ether oxygens (including phenoxy) is 1. The topological polar surface area (TPSA) is 61.9 Å². The normalized spacial score (nSPS) is 23.0. The second-order valence-corrected chi connectivity index (χ2v) is 8.26. The van der Waals surface area contributed by atoms with Crippen LogP contribution < -0.4 is 10.2 Å². The smallest absolute Gasteiger partial charge is 0.251 e. The number of rotatable bonds is 5. The summed E-state index contributed by atoms with van der Waals surface area (Å²) in [5, 5.41) is 3.20. The van der Waals surface area contributed by atoms with Gasteiger partial charge < -0.3 is 15.0 Å². The zero-order chi connectivity index (χ0) is 19.4. The summed E-state index contributed by atoms with van der Waals surface area (Å²) in [5.41, 5.74) is 1.61. The van der Waals surface area contributed by atoms with Crippen LogP contribution in [0.2, 0.25) is 0 Å². The predicted molar refractivity (Wildman–Crippen MR) is 109 cm³/mol. The van der Waals surface area contributed by atoms with Crippen molar-refractivity contribution in [1.82, 2.24) is 10.2 Å². The molecule has 1 aromatic rings. The average Bonchev–Trinajstić information content (AvgIpc) is 3.19. The number of nitrogens with zero attached hydrogens (tertiary/aromatic N) is 2. The van der Waals surface area contributed by atoms with Crippen molar-refractivity contribution < 1.29 is 14.3 Å². The quantitative estimate of drug-likeness (QED) is 0.846. The van der Waals surface area contributed by atoms with Crippen LogP contribution in [0.25, 0.3) is 0 Å². The first kappa shape index (κ1) is 19.4. The van der Waals surface area contributed by atoms with E-state index in [0.717, 1.165) is 57.8 Å². The van der Waals surface area contributed by atoms with E-state index in [1.807, 2.05) is 24.3 Å². The van der Waals surface area contributed by atoms with E-state index in [1.54, 1.807) is 4.90 Å². The Morgan fingerprint density at radius 3 is 2.36 bits per heavy atom. The summed E-state index contributed by atoms with van der Waals surface area (Å²) in [6.45, 7) is 4.94. The van der Waals surface area contributed by atoms with Crippen LogP contribution in [-0.4, -0.2) is 61.6 Å². The number of benzene rings is 1. The second-order valence-electron chi connectivity index (χ2n) is 8.26. The number of amides is 2. The molecule has 3 aliphatic rings. The van der Waals surface area contributed by atoms with Gasteiger partial charge in [0.05, 0.1) is 13.2 Å². The molecular weight excluding hydrogens is 354 g/mol. The molecule has 152 valence electrons. The van der Waals surface area contributed by atoms with Crippen LogP contribution in [0.15, 0.2) is 24.3 Å².